The first kappa shape index (κ1) is 19.2. The fourth-order valence-corrected chi connectivity index (χ4v) is 2.61. The molecule has 0 atom stereocenters. The number of benzene rings is 1. The van der Waals surface area contributed by atoms with Crippen LogP contribution >= 0.6 is 12.4 Å². The van der Waals surface area contributed by atoms with Crippen LogP contribution in [-0.2, 0) is 6.54 Å². The minimum absolute atomic E-state index is 0. The normalized spacial score (nSPS) is 16.1. The number of carbonyl (C=O) groups is 1. The molecule has 3 rings (SSSR count). The molecule has 0 bridgehead atoms. The van der Waals surface area contributed by atoms with E-state index in [0.29, 0.717) is 32.0 Å². The van der Waals surface area contributed by atoms with Gasteiger partial charge in [-0.2, -0.15) is 0 Å². The Kier molecular flexibility index (Phi) is 6.04. The summed E-state index contributed by atoms with van der Waals surface area (Å²) in [4.78, 5) is 12.1. The number of amides is 1. The van der Waals surface area contributed by atoms with Crippen molar-refractivity contribution < 1.29 is 18.7 Å². The van der Waals surface area contributed by atoms with Crippen LogP contribution in [0.3, 0.4) is 0 Å². The van der Waals surface area contributed by atoms with Gasteiger partial charge in [0.05, 0.1) is 24.0 Å². The Morgan fingerprint density at radius 1 is 1.36 bits per heavy atom. The van der Waals surface area contributed by atoms with Crippen molar-refractivity contribution in [1.82, 2.24) is 20.3 Å². The van der Waals surface area contributed by atoms with E-state index in [9.17, 15) is 18.7 Å². The lowest BCUT2D eigenvalue weighted by Gasteiger charge is -2.32. The van der Waals surface area contributed by atoms with Crippen molar-refractivity contribution in [2.45, 2.75) is 25.0 Å². The van der Waals surface area contributed by atoms with Gasteiger partial charge in [0.2, 0.25) is 0 Å². The van der Waals surface area contributed by atoms with Crippen LogP contribution in [0, 0.1) is 11.6 Å². The maximum absolute atomic E-state index is 13.6. The first-order chi connectivity index (χ1) is 11.5. The van der Waals surface area contributed by atoms with E-state index in [4.69, 9.17) is 0 Å². The summed E-state index contributed by atoms with van der Waals surface area (Å²) < 4.78 is 27.8. The highest BCUT2D eigenvalue weighted by molar-refractivity contribution is 6.02. The minimum Gasteiger partial charge on any atom is -0.388 e. The van der Waals surface area contributed by atoms with Gasteiger partial charge in [0.1, 0.15) is 11.6 Å². The zero-order valence-corrected chi connectivity index (χ0v) is 14.0. The Bertz CT molecular complexity index is 749. The van der Waals surface area contributed by atoms with Gasteiger partial charge in [-0.05, 0) is 38.1 Å². The van der Waals surface area contributed by atoms with Crippen LogP contribution in [0.15, 0.2) is 24.4 Å². The average molecular weight is 374 g/mol. The molecule has 136 valence electrons. The number of hydrogen-bond donors (Lipinski definition) is 3. The van der Waals surface area contributed by atoms with Gasteiger partial charge in [-0.1, -0.05) is 5.21 Å². The molecule has 2 heterocycles. The number of nitrogens with zero attached hydrogens (tertiary/aromatic N) is 3. The Balaban J connectivity index is 0.00000225. The van der Waals surface area contributed by atoms with E-state index in [0.717, 1.165) is 12.1 Å². The second kappa shape index (κ2) is 7.85. The summed E-state index contributed by atoms with van der Waals surface area (Å²) in [5.41, 5.74) is -1.06. The lowest BCUT2D eigenvalue weighted by Crippen LogP contribution is -2.44. The fourth-order valence-electron chi connectivity index (χ4n) is 2.61. The summed E-state index contributed by atoms with van der Waals surface area (Å²) in [5.74, 6) is -2.27. The number of anilines is 1. The maximum Gasteiger partial charge on any atom is 0.277 e. The SMILES string of the molecule is Cl.O=C(Nc1ccc(F)cc1F)c1cn(CC2(O)CCNCC2)nn1. The van der Waals surface area contributed by atoms with Gasteiger partial charge in [-0.25, -0.2) is 13.5 Å². The first-order valence-electron chi connectivity index (χ1n) is 7.55. The van der Waals surface area contributed by atoms with Crippen LogP contribution in [0.4, 0.5) is 14.5 Å². The van der Waals surface area contributed by atoms with Crippen molar-refractivity contribution in [2.75, 3.05) is 18.4 Å². The molecule has 0 saturated carbocycles. The number of rotatable bonds is 4. The van der Waals surface area contributed by atoms with E-state index < -0.39 is 23.1 Å². The number of nitrogens with one attached hydrogen (secondary N) is 2. The minimum atomic E-state index is -0.893. The van der Waals surface area contributed by atoms with Crippen molar-refractivity contribution in [3.63, 3.8) is 0 Å². The summed E-state index contributed by atoms with van der Waals surface area (Å²) >= 11 is 0. The largest absolute Gasteiger partial charge is 0.388 e. The summed E-state index contributed by atoms with van der Waals surface area (Å²) in [6.07, 6.45) is 2.54. The summed E-state index contributed by atoms with van der Waals surface area (Å²) in [6, 6.07) is 2.85. The molecule has 10 heteroatoms. The highest BCUT2D eigenvalue weighted by Gasteiger charge is 2.30. The van der Waals surface area contributed by atoms with Crippen molar-refractivity contribution in [3.8, 4) is 0 Å². The molecule has 0 radical (unpaired) electrons. The molecule has 3 N–H and O–H groups in total. The molecule has 1 fully saturated rings. The zero-order valence-electron chi connectivity index (χ0n) is 13.2. The van der Waals surface area contributed by atoms with E-state index in [1.54, 1.807) is 0 Å². The van der Waals surface area contributed by atoms with Gasteiger partial charge in [0.15, 0.2) is 5.69 Å². The van der Waals surface area contributed by atoms with Gasteiger partial charge >= 0.3 is 0 Å². The zero-order chi connectivity index (χ0) is 17.2. The van der Waals surface area contributed by atoms with Crippen molar-refractivity contribution in [2.24, 2.45) is 0 Å². The molecule has 25 heavy (non-hydrogen) atoms. The molecule has 1 aromatic heterocycles. The average Bonchev–Trinajstić information content (AvgIpc) is 2.98. The van der Waals surface area contributed by atoms with Gasteiger partial charge in [0, 0.05) is 6.07 Å². The second-order valence-corrected chi connectivity index (χ2v) is 5.85. The third kappa shape index (κ3) is 4.71. The Labute approximate surface area is 148 Å². The third-order valence-electron chi connectivity index (χ3n) is 3.94. The maximum atomic E-state index is 13.6. The van der Waals surface area contributed by atoms with Crippen LogP contribution in [0.25, 0.3) is 0 Å². The Morgan fingerprint density at radius 2 is 2.08 bits per heavy atom. The summed E-state index contributed by atoms with van der Waals surface area (Å²) in [7, 11) is 0. The Morgan fingerprint density at radius 3 is 2.76 bits per heavy atom. The molecule has 0 spiro atoms. The molecular weight excluding hydrogens is 356 g/mol. The fraction of sp³-hybridized carbons (Fsp3) is 0.400. The second-order valence-electron chi connectivity index (χ2n) is 5.85. The van der Waals surface area contributed by atoms with Crippen molar-refractivity contribution in [1.29, 1.82) is 0 Å². The highest BCUT2D eigenvalue weighted by Crippen LogP contribution is 2.20. The number of piperidine rings is 1. The molecule has 1 amide bonds. The molecular formula is C15H18ClF2N5O2. The number of aromatic nitrogens is 3. The van der Waals surface area contributed by atoms with Crippen molar-refractivity contribution in [3.05, 3.63) is 41.7 Å². The van der Waals surface area contributed by atoms with Crippen LogP contribution < -0.4 is 10.6 Å². The third-order valence-corrected chi connectivity index (χ3v) is 3.94. The number of carbonyl (C=O) groups excluding carboxylic acids is 1. The monoisotopic (exact) mass is 373 g/mol. The van der Waals surface area contributed by atoms with E-state index in [1.807, 2.05) is 0 Å². The quantitative estimate of drug-likeness (QED) is 0.752. The smallest absolute Gasteiger partial charge is 0.277 e. The number of aliphatic hydroxyl groups is 1. The van der Waals surface area contributed by atoms with E-state index in [2.05, 4.69) is 20.9 Å². The van der Waals surface area contributed by atoms with Gasteiger partial charge in [0.25, 0.3) is 5.91 Å². The van der Waals surface area contributed by atoms with Gasteiger partial charge < -0.3 is 15.7 Å². The van der Waals surface area contributed by atoms with E-state index in [-0.39, 0.29) is 30.3 Å². The molecule has 1 saturated heterocycles. The predicted molar refractivity (Wildman–Crippen MR) is 88.6 cm³/mol. The lowest BCUT2D eigenvalue weighted by molar-refractivity contribution is -0.00865. The topological polar surface area (TPSA) is 92.1 Å². The van der Waals surface area contributed by atoms with Crippen LogP contribution in [0.1, 0.15) is 23.3 Å². The Hall–Kier alpha value is -2.10. The molecule has 0 unspecified atom stereocenters. The standard InChI is InChI=1S/C15H17F2N5O2.ClH/c16-10-1-2-12(11(17)7-10)19-14(23)13-8-22(21-20-13)9-15(24)3-5-18-6-4-15;/h1-2,7-8,18,24H,3-6,9H2,(H,19,23);1H. The highest BCUT2D eigenvalue weighted by atomic mass is 35.5. The summed E-state index contributed by atoms with van der Waals surface area (Å²) in [5, 5.41) is 23.5. The van der Waals surface area contributed by atoms with E-state index >= 15 is 0 Å². The van der Waals surface area contributed by atoms with Gasteiger partial charge in [-0.3, -0.25) is 4.79 Å². The number of hydrogen-bond acceptors (Lipinski definition) is 5. The molecule has 7 nitrogen and oxygen atoms in total. The molecule has 0 aliphatic carbocycles. The van der Waals surface area contributed by atoms with Gasteiger partial charge in [-0.15, -0.1) is 17.5 Å². The molecule has 1 aliphatic rings. The molecule has 1 aromatic carbocycles. The summed E-state index contributed by atoms with van der Waals surface area (Å²) in [6.45, 7) is 1.64. The first-order valence-corrected chi connectivity index (χ1v) is 7.55. The van der Waals surface area contributed by atoms with Crippen LogP contribution in [-0.4, -0.2) is 44.7 Å². The predicted octanol–water partition coefficient (Wildman–Crippen LogP) is 1.34. The lowest BCUT2D eigenvalue weighted by atomic mass is 9.92. The number of halogens is 3. The van der Waals surface area contributed by atoms with E-state index in [1.165, 1.54) is 10.9 Å². The molecule has 2 aromatic rings. The van der Waals surface area contributed by atoms with Crippen LogP contribution in [0.5, 0.6) is 0 Å². The van der Waals surface area contributed by atoms with Crippen LogP contribution in [0.2, 0.25) is 0 Å². The van der Waals surface area contributed by atoms with Crippen molar-refractivity contribution >= 4 is 24.0 Å². The molecule has 1 aliphatic heterocycles.